The fourth-order valence-electron chi connectivity index (χ4n) is 0.715. The topological polar surface area (TPSA) is 29.5 Å². The van der Waals surface area contributed by atoms with Crippen LogP contribution in [-0.2, 0) is 12.6 Å². The van der Waals surface area contributed by atoms with Crippen molar-refractivity contribution in [1.82, 2.24) is 0 Å². The number of rotatable bonds is 3. The Kier molecular flexibility index (Phi) is 4.96. The van der Waals surface area contributed by atoms with Crippen molar-refractivity contribution in [3.63, 3.8) is 0 Å². The molecular formula is C8H11F6O2PS. The van der Waals surface area contributed by atoms with Crippen molar-refractivity contribution in [2.24, 2.45) is 0 Å². The number of benzene rings is 1. The van der Waals surface area contributed by atoms with Gasteiger partial charge in [0.1, 0.15) is 12.4 Å². The summed E-state index contributed by atoms with van der Waals surface area (Å²) in [5.74, 6) is 0.779. The molecule has 2 nitrogen and oxygen atoms in total. The van der Waals surface area contributed by atoms with Crippen molar-refractivity contribution >= 4 is 20.4 Å². The van der Waals surface area contributed by atoms with Gasteiger partial charge in [-0.15, -0.1) is 0 Å². The van der Waals surface area contributed by atoms with E-state index in [2.05, 4.69) is 12.6 Å². The summed E-state index contributed by atoms with van der Waals surface area (Å²) in [5.41, 5.74) is 0. The van der Waals surface area contributed by atoms with Crippen LogP contribution in [0.25, 0.3) is 0 Å². The van der Waals surface area contributed by atoms with Crippen molar-refractivity contribution in [1.29, 1.82) is 0 Å². The van der Waals surface area contributed by atoms with Crippen LogP contribution in [0.4, 0.5) is 25.2 Å². The second-order valence-electron chi connectivity index (χ2n) is 3.05. The first-order valence-corrected chi connectivity index (χ1v) is 6.92. The Hall–Kier alpha value is -0.660. The van der Waals surface area contributed by atoms with E-state index in [1.807, 2.05) is 24.3 Å². The van der Waals surface area contributed by atoms with Crippen LogP contribution in [0.15, 0.2) is 29.2 Å². The number of aliphatic hydroxyl groups excluding tert-OH is 1. The molecule has 0 heterocycles. The number of aliphatic hydroxyl groups is 1. The van der Waals surface area contributed by atoms with Crippen molar-refractivity contribution in [3.05, 3.63) is 24.3 Å². The van der Waals surface area contributed by atoms with E-state index in [1.165, 1.54) is 0 Å². The van der Waals surface area contributed by atoms with Gasteiger partial charge in [0.25, 0.3) is 0 Å². The molecule has 0 aliphatic heterocycles. The average Bonchev–Trinajstić information content (AvgIpc) is 2.12. The summed E-state index contributed by atoms with van der Waals surface area (Å²) < 4.78 is 64.3. The SMILES string of the molecule is F[P-](F)(F)(F)(F)F.OCCOc1ccc([SH2+])cc1. The van der Waals surface area contributed by atoms with E-state index in [0.29, 0.717) is 6.61 Å². The van der Waals surface area contributed by atoms with Crippen molar-refractivity contribution < 1.29 is 35.0 Å². The van der Waals surface area contributed by atoms with Gasteiger partial charge in [-0.1, -0.05) is 0 Å². The molecule has 0 atom stereocenters. The Morgan fingerprint density at radius 2 is 1.39 bits per heavy atom. The zero-order valence-corrected chi connectivity index (χ0v) is 10.7. The Morgan fingerprint density at radius 1 is 1.00 bits per heavy atom. The molecule has 0 bridgehead atoms. The summed E-state index contributed by atoms with van der Waals surface area (Å²) in [6.45, 7) is 0.399. The third-order valence-corrected chi connectivity index (χ3v) is 1.55. The van der Waals surface area contributed by atoms with Gasteiger partial charge in [-0.3, -0.25) is 0 Å². The van der Waals surface area contributed by atoms with Crippen LogP contribution in [0, 0.1) is 0 Å². The number of hydrogen-bond acceptors (Lipinski definition) is 2. The number of hydrogen-bond donors (Lipinski definition) is 1. The Morgan fingerprint density at radius 3 is 1.72 bits per heavy atom. The van der Waals surface area contributed by atoms with Crippen LogP contribution in [0.3, 0.4) is 0 Å². The predicted octanol–water partition coefficient (Wildman–Crippen LogP) is 3.81. The van der Waals surface area contributed by atoms with Crippen LogP contribution < -0.4 is 4.74 Å². The third-order valence-electron chi connectivity index (χ3n) is 1.21. The monoisotopic (exact) mass is 316 g/mol. The minimum Gasteiger partial charge on any atom is -0.491 e. The van der Waals surface area contributed by atoms with Gasteiger partial charge in [0.05, 0.1) is 6.61 Å². The van der Waals surface area contributed by atoms with Gasteiger partial charge in [0, 0.05) is 0 Å². The molecule has 108 valence electrons. The van der Waals surface area contributed by atoms with E-state index >= 15 is 0 Å². The predicted molar refractivity (Wildman–Crippen MR) is 61.0 cm³/mol. The quantitative estimate of drug-likeness (QED) is 0.522. The molecule has 0 saturated heterocycles. The second kappa shape index (κ2) is 5.14. The molecule has 1 rings (SSSR count). The molecule has 0 aliphatic carbocycles. The minimum absolute atomic E-state index is 0.0512. The van der Waals surface area contributed by atoms with E-state index in [1.54, 1.807) is 0 Å². The van der Waals surface area contributed by atoms with Crippen molar-refractivity contribution in [2.45, 2.75) is 4.90 Å². The Bertz CT molecular complexity index is 364. The molecular weight excluding hydrogens is 305 g/mol. The van der Waals surface area contributed by atoms with Crippen LogP contribution in [0.1, 0.15) is 0 Å². The van der Waals surface area contributed by atoms with E-state index in [4.69, 9.17) is 9.84 Å². The molecule has 0 amide bonds. The summed E-state index contributed by atoms with van der Waals surface area (Å²) in [6, 6.07) is 7.48. The normalized spacial score (nSPS) is 14.9. The third kappa shape index (κ3) is 17.7. The largest absolute Gasteiger partial charge is 0.491 e. The molecule has 10 heteroatoms. The van der Waals surface area contributed by atoms with Gasteiger partial charge in [-0.05, 0) is 36.9 Å². The fraction of sp³-hybridized carbons (Fsp3) is 0.250. The van der Waals surface area contributed by atoms with Crippen LogP contribution in [0.2, 0.25) is 0 Å². The maximum atomic E-state index is 9.87. The van der Waals surface area contributed by atoms with Gasteiger partial charge < -0.3 is 9.84 Å². The average molecular weight is 316 g/mol. The van der Waals surface area contributed by atoms with Gasteiger partial charge in [0.15, 0.2) is 4.90 Å². The maximum absolute atomic E-state index is 10.7. The Balaban J connectivity index is 0.000000360. The van der Waals surface area contributed by atoms with Gasteiger partial charge in [0.2, 0.25) is 0 Å². The van der Waals surface area contributed by atoms with Crippen LogP contribution in [-0.4, -0.2) is 18.3 Å². The molecule has 1 aromatic carbocycles. The summed E-state index contributed by atoms with van der Waals surface area (Å²) in [4.78, 5) is 1.02. The maximum Gasteiger partial charge on any atom is 0.150 e. The number of halogens is 6. The van der Waals surface area contributed by atoms with E-state index in [0.717, 1.165) is 10.6 Å². The standard InChI is InChI=1S/C8H10O2S.F6P/c9-5-6-10-7-1-3-8(11)4-2-7;1-7(2,3,4,5)6/h1-4,9,11H,5-6H2;/q;-1/p+1. The second-order valence-corrected chi connectivity index (χ2v) is 5.55. The fourth-order valence-corrected chi connectivity index (χ4v) is 0.881. The number of ether oxygens (including phenoxy) is 1. The van der Waals surface area contributed by atoms with E-state index in [9.17, 15) is 25.2 Å². The van der Waals surface area contributed by atoms with Crippen molar-refractivity contribution in [3.8, 4) is 5.75 Å². The van der Waals surface area contributed by atoms with Crippen molar-refractivity contribution in [2.75, 3.05) is 13.2 Å². The van der Waals surface area contributed by atoms with Gasteiger partial charge >= 0.3 is 33.0 Å². The molecule has 0 aliphatic rings. The molecule has 1 aromatic rings. The summed E-state index contributed by atoms with van der Waals surface area (Å²) in [5, 5.41) is 8.45. The molecule has 1 N–H and O–H groups in total. The summed E-state index contributed by atoms with van der Waals surface area (Å²) in [7, 11) is -10.7. The van der Waals surface area contributed by atoms with Crippen LogP contribution in [0.5, 0.6) is 5.75 Å². The van der Waals surface area contributed by atoms with Crippen LogP contribution >= 0.6 is 7.81 Å². The minimum atomic E-state index is -10.7. The zero-order chi connectivity index (χ0) is 14.5. The van der Waals surface area contributed by atoms with E-state index in [-0.39, 0.29) is 6.61 Å². The molecule has 0 unspecified atom stereocenters. The molecule has 0 radical (unpaired) electrons. The Labute approximate surface area is 104 Å². The first kappa shape index (κ1) is 17.3. The first-order chi connectivity index (χ1) is 7.78. The first-order valence-electron chi connectivity index (χ1n) is 4.39. The molecule has 0 fully saturated rings. The zero-order valence-electron chi connectivity index (χ0n) is 8.79. The smallest absolute Gasteiger partial charge is 0.150 e. The summed E-state index contributed by atoms with van der Waals surface area (Å²) in [6.07, 6.45) is 0. The molecule has 0 aromatic heterocycles. The van der Waals surface area contributed by atoms with Gasteiger partial charge in [-0.25, -0.2) is 0 Å². The molecule has 0 saturated carbocycles. The molecule has 0 spiro atoms. The molecule has 18 heavy (non-hydrogen) atoms. The van der Waals surface area contributed by atoms with Gasteiger partial charge in [-0.2, -0.15) is 0 Å². The summed E-state index contributed by atoms with van der Waals surface area (Å²) >= 11 is 3.36. The van der Waals surface area contributed by atoms with E-state index < -0.39 is 7.81 Å².